The molecule has 0 bridgehead atoms. The summed E-state index contributed by atoms with van der Waals surface area (Å²) in [4.78, 5) is 15.9. The number of piperazine rings is 1. The van der Waals surface area contributed by atoms with Crippen LogP contribution in [-0.4, -0.2) is 55.7 Å². The van der Waals surface area contributed by atoms with E-state index in [1.807, 2.05) is 18.2 Å². The number of nitrogens with zero attached hydrogens (tertiary/aromatic N) is 3. The van der Waals surface area contributed by atoms with Crippen LogP contribution in [0.5, 0.6) is 0 Å². The maximum absolute atomic E-state index is 13.3. The Kier molecular flexibility index (Phi) is 6.27. The van der Waals surface area contributed by atoms with Crippen LogP contribution in [0.15, 0.2) is 47.4 Å². The average molecular weight is 523 g/mol. The number of hydrogen-bond acceptors (Lipinski definition) is 4. The van der Waals surface area contributed by atoms with E-state index in [0.29, 0.717) is 44.8 Å². The van der Waals surface area contributed by atoms with Gasteiger partial charge in [0.2, 0.25) is 0 Å². The first-order chi connectivity index (χ1) is 14.6. The summed E-state index contributed by atoms with van der Waals surface area (Å²) in [7, 11) is -3.78. The van der Waals surface area contributed by atoms with Gasteiger partial charge in [0, 0.05) is 44.0 Å². The molecule has 2 heterocycles. The number of benzene rings is 2. The second-order valence-electron chi connectivity index (χ2n) is 7.31. The number of hydrogen-bond donors (Lipinski definition) is 0. The Morgan fingerprint density at radius 1 is 0.871 bits per heavy atom. The first kappa shape index (κ1) is 22.8. The van der Waals surface area contributed by atoms with E-state index in [1.54, 1.807) is 18.2 Å². The molecule has 2 aromatic carbocycles. The summed E-state index contributed by atoms with van der Waals surface area (Å²) >= 11 is 23.3. The van der Waals surface area contributed by atoms with E-state index in [-0.39, 0.29) is 9.92 Å². The van der Waals surface area contributed by atoms with Gasteiger partial charge in [0.1, 0.15) is 4.90 Å². The van der Waals surface area contributed by atoms with Gasteiger partial charge >= 0.3 is 0 Å². The molecule has 0 aliphatic carbocycles. The van der Waals surface area contributed by atoms with Crippen molar-refractivity contribution >= 4 is 73.7 Å². The van der Waals surface area contributed by atoms with Crippen LogP contribution in [0.25, 0.3) is 0 Å². The molecule has 0 atom stereocenters. The highest BCUT2D eigenvalue weighted by molar-refractivity contribution is 7.93. The van der Waals surface area contributed by atoms with E-state index in [4.69, 9.17) is 46.4 Å². The smallest absolute Gasteiger partial charge is 0.274 e. The predicted octanol–water partition coefficient (Wildman–Crippen LogP) is 4.11. The number of sulfonamides is 1. The lowest BCUT2D eigenvalue weighted by molar-refractivity contribution is -0.130. The zero-order valence-electron chi connectivity index (χ0n) is 16.3. The van der Waals surface area contributed by atoms with Crippen LogP contribution in [0, 0.1) is 0 Å². The number of rotatable bonds is 3. The molecule has 0 unspecified atom stereocenters. The van der Waals surface area contributed by atoms with Crippen molar-refractivity contribution in [2.24, 2.45) is 0 Å². The summed E-state index contributed by atoms with van der Waals surface area (Å²) in [6, 6.07) is 12.1. The fourth-order valence-corrected chi connectivity index (χ4v) is 6.39. The topological polar surface area (TPSA) is 60.9 Å². The van der Waals surface area contributed by atoms with E-state index >= 15 is 0 Å². The van der Waals surface area contributed by atoms with Gasteiger partial charge in [-0.05, 0) is 30.7 Å². The lowest BCUT2D eigenvalue weighted by Crippen LogP contribution is -2.52. The second-order valence-corrected chi connectivity index (χ2v) is 11.8. The first-order valence-corrected chi connectivity index (χ1v) is 12.6. The van der Waals surface area contributed by atoms with Crippen molar-refractivity contribution in [1.82, 2.24) is 4.90 Å². The highest BCUT2D eigenvalue weighted by Crippen LogP contribution is 2.40. The summed E-state index contributed by atoms with van der Waals surface area (Å²) in [5.74, 6) is -0.535. The normalized spacial score (nSPS) is 17.1. The number of carbonyl (C=O) groups is 1. The Hall–Kier alpha value is -1.38. The van der Waals surface area contributed by atoms with Gasteiger partial charge in [-0.25, -0.2) is 8.42 Å². The standard InChI is InChI=1S/C20H19Cl4N3O3S/c21-15-4-1-2-7-18(15)31(29,30)27-9-8-14-16(5-3-6-17(14)27)25-10-12-26(13-11-25)19(28)20(22,23)24/h1-7H,8-13H2. The van der Waals surface area contributed by atoms with Crippen LogP contribution >= 0.6 is 46.4 Å². The molecule has 1 amide bonds. The predicted molar refractivity (Wildman–Crippen MR) is 125 cm³/mol. The maximum Gasteiger partial charge on any atom is 0.274 e. The summed E-state index contributed by atoms with van der Waals surface area (Å²) < 4.78 is 26.0. The Morgan fingerprint density at radius 3 is 2.16 bits per heavy atom. The zero-order valence-corrected chi connectivity index (χ0v) is 20.1. The van der Waals surface area contributed by atoms with Crippen molar-refractivity contribution in [3.05, 3.63) is 53.1 Å². The summed E-state index contributed by atoms with van der Waals surface area (Å²) in [6.07, 6.45) is 0.586. The van der Waals surface area contributed by atoms with Crippen molar-refractivity contribution in [1.29, 1.82) is 0 Å². The molecule has 0 N–H and O–H groups in total. The van der Waals surface area contributed by atoms with E-state index < -0.39 is 19.7 Å². The van der Waals surface area contributed by atoms with Gasteiger partial charge in [-0.2, -0.15) is 0 Å². The molecule has 166 valence electrons. The Morgan fingerprint density at radius 2 is 1.52 bits per heavy atom. The van der Waals surface area contributed by atoms with Crippen LogP contribution in [0.2, 0.25) is 5.02 Å². The molecule has 11 heteroatoms. The minimum absolute atomic E-state index is 0.0914. The quantitative estimate of drug-likeness (QED) is 0.569. The van der Waals surface area contributed by atoms with Crippen molar-refractivity contribution in [2.75, 3.05) is 41.9 Å². The lowest BCUT2D eigenvalue weighted by Gasteiger charge is -2.38. The van der Waals surface area contributed by atoms with E-state index in [0.717, 1.165) is 11.3 Å². The van der Waals surface area contributed by atoms with Gasteiger partial charge in [0.15, 0.2) is 0 Å². The molecule has 6 nitrogen and oxygen atoms in total. The highest BCUT2D eigenvalue weighted by Gasteiger charge is 2.38. The molecule has 0 spiro atoms. The number of halogens is 4. The maximum atomic E-state index is 13.3. The van der Waals surface area contributed by atoms with Crippen LogP contribution in [0.4, 0.5) is 11.4 Å². The van der Waals surface area contributed by atoms with Crippen molar-refractivity contribution in [3.63, 3.8) is 0 Å². The fraction of sp³-hybridized carbons (Fsp3) is 0.350. The SMILES string of the molecule is O=C(N1CCN(c2cccc3c2CCN3S(=O)(=O)c2ccccc2Cl)CC1)C(Cl)(Cl)Cl. The molecule has 0 radical (unpaired) electrons. The van der Waals surface area contributed by atoms with Gasteiger partial charge in [-0.15, -0.1) is 0 Å². The van der Waals surface area contributed by atoms with Crippen molar-refractivity contribution < 1.29 is 13.2 Å². The fourth-order valence-electron chi connectivity index (χ4n) is 4.03. The first-order valence-electron chi connectivity index (χ1n) is 9.61. The van der Waals surface area contributed by atoms with Gasteiger partial charge < -0.3 is 9.80 Å². The van der Waals surface area contributed by atoms with Crippen molar-refractivity contribution in [3.8, 4) is 0 Å². The number of carbonyl (C=O) groups excluding carboxylic acids is 1. The Labute approximate surface area is 201 Å². The zero-order chi connectivity index (χ0) is 22.4. The molecule has 2 aliphatic rings. The number of anilines is 2. The summed E-state index contributed by atoms with van der Waals surface area (Å²) in [6.45, 7) is 2.28. The van der Waals surface area contributed by atoms with Gasteiger partial charge in [-0.1, -0.05) is 64.6 Å². The highest BCUT2D eigenvalue weighted by atomic mass is 35.6. The number of amides is 1. The van der Waals surface area contributed by atoms with Crippen LogP contribution < -0.4 is 9.21 Å². The molecular weight excluding hydrogens is 504 g/mol. The van der Waals surface area contributed by atoms with E-state index in [9.17, 15) is 13.2 Å². The van der Waals surface area contributed by atoms with Gasteiger partial charge in [0.05, 0.1) is 10.7 Å². The minimum Gasteiger partial charge on any atom is -0.368 e. The lowest BCUT2D eigenvalue weighted by atomic mass is 10.1. The summed E-state index contributed by atoms with van der Waals surface area (Å²) in [5, 5.41) is 0.196. The van der Waals surface area contributed by atoms with E-state index in [2.05, 4.69) is 4.90 Å². The van der Waals surface area contributed by atoms with Crippen LogP contribution in [0.1, 0.15) is 5.56 Å². The Balaban J connectivity index is 1.58. The molecule has 1 fully saturated rings. The number of fused-ring (bicyclic) bond motifs is 1. The molecule has 4 rings (SSSR count). The molecule has 1 saturated heterocycles. The average Bonchev–Trinajstić information content (AvgIpc) is 3.18. The second kappa shape index (κ2) is 8.52. The molecule has 31 heavy (non-hydrogen) atoms. The van der Waals surface area contributed by atoms with Crippen LogP contribution in [-0.2, 0) is 21.2 Å². The monoisotopic (exact) mass is 521 g/mol. The Bertz CT molecular complexity index is 1110. The minimum atomic E-state index is -3.78. The molecule has 2 aromatic rings. The molecule has 0 saturated carbocycles. The molecule has 2 aliphatic heterocycles. The van der Waals surface area contributed by atoms with Crippen LogP contribution in [0.3, 0.4) is 0 Å². The molecule has 0 aromatic heterocycles. The van der Waals surface area contributed by atoms with Gasteiger partial charge in [-0.3, -0.25) is 9.10 Å². The van der Waals surface area contributed by atoms with E-state index in [1.165, 1.54) is 15.3 Å². The third kappa shape index (κ3) is 4.31. The summed E-state index contributed by atoms with van der Waals surface area (Å²) in [5.41, 5.74) is 2.56. The largest absolute Gasteiger partial charge is 0.368 e. The number of alkyl halides is 3. The molecular formula is C20H19Cl4N3O3S. The third-order valence-corrected chi connectivity index (χ3v) is 8.31. The van der Waals surface area contributed by atoms with Gasteiger partial charge in [0.25, 0.3) is 19.7 Å². The third-order valence-electron chi connectivity index (χ3n) is 5.51. The van der Waals surface area contributed by atoms with Crippen molar-refractivity contribution in [2.45, 2.75) is 15.1 Å².